The van der Waals surface area contributed by atoms with Gasteiger partial charge in [0.15, 0.2) is 11.5 Å². The third-order valence-electron chi connectivity index (χ3n) is 7.16. The van der Waals surface area contributed by atoms with E-state index < -0.39 is 5.92 Å². The molecule has 0 spiro atoms. The van der Waals surface area contributed by atoms with E-state index in [1.54, 1.807) is 29.7 Å². The Kier molecular flexibility index (Phi) is 5.63. The number of aryl methyl sites for hydroxylation is 1. The fourth-order valence-electron chi connectivity index (χ4n) is 5.32. The van der Waals surface area contributed by atoms with Crippen LogP contribution in [-0.2, 0) is 6.54 Å². The Labute approximate surface area is 226 Å². The van der Waals surface area contributed by atoms with E-state index in [9.17, 15) is 13.2 Å². The van der Waals surface area contributed by atoms with Crippen LogP contribution in [0.5, 0.6) is 0 Å². The van der Waals surface area contributed by atoms with Crippen LogP contribution in [0.2, 0.25) is 0 Å². The molecular formula is C29H23F3N8. The van der Waals surface area contributed by atoms with Crippen LogP contribution in [0.3, 0.4) is 0 Å². The number of hydrogen-bond acceptors (Lipinski definition) is 6. The van der Waals surface area contributed by atoms with Crippen molar-refractivity contribution in [3.63, 3.8) is 0 Å². The quantitative estimate of drug-likeness (QED) is 0.282. The molecule has 0 saturated carbocycles. The summed E-state index contributed by atoms with van der Waals surface area (Å²) in [7, 11) is 0. The Morgan fingerprint density at radius 2 is 1.93 bits per heavy atom. The number of nitrogens with one attached hydrogen (secondary N) is 2. The van der Waals surface area contributed by atoms with E-state index in [4.69, 9.17) is 0 Å². The molecule has 11 heteroatoms. The number of pyridine rings is 3. The molecule has 0 atom stereocenters. The van der Waals surface area contributed by atoms with Crippen molar-refractivity contribution in [3.8, 4) is 33.9 Å². The highest BCUT2D eigenvalue weighted by Gasteiger charge is 2.37. The predicted molar refractivity (Wildman–Crippen MR) is 145 cm³/mol. The number of aromatic nitrogens is 7. The highest BCUT2D eigenvalue weighted by Crippen LogP contribution is 2.33. The molecule has 40 heavy (non-hydrogen) atoms. The molecule has 0 aliphatic carbocycles. The number of H-pyrrole nitrogens is 2. The minimum atomic E-state index is -2.64. The van der Waals surface area contributed by atoms with Crippen molar-refractivity contribution in [1.82, 2.24) is 40.0 Å². The number of fused-ring (bicyclic) bond motifs is 2. The smallest absolute Gasteiger partial charge is 0.261 e. The molecule has 200 valence electrons. The van der Waals surface area contributed by atoms with Gasteiger partial charge in [-0.2, -0.15) is 5.10 Å². The Morgan fingerprint density at radius 3 is 2.75 bits per heavy atom. The van der Waals surface area contributed by atoms with Gasteiger partial charge in [0.25, 0.3) is 5.92 Å². The number of benzene rings is 1. The van der Waals surface area contributed by atoms with Crippen LogP contribution >= 0.6 is 0 Å². The van der Waals surface area contributed by atoms with Gasteiger partial charge in [0.2, 0.25) is 0 Å². The third-order valence-corrected chi connectivity index (χ3v) is 7.16. The van der Waals surface area contributed by atoms with Gasteiger partial charge in [-0.3, -0.25) is 20.0 Å². The van der Waals surface area contributed by atoms with Gasteiger partial charge >= 0.3 is 0 Å². The van der Waals surface area contributed by atoms with E-state index in [2.05, 4.69) is 35.1 Å². The molecule has 1 saturated heterocycles. The average Bonchev–Trinajstić information content (AvgIpc) is 3.63. The summed E-state index contributed by atoms with van der Waals surface area (Å²) in [5, 5.41) is 8.28. The topological polar surface area (TPSA) is 99.3 Å². The number of likely N-dealkylation sites (tertiary alicyclic amines) is 1. The first kappa shape index (κ1) is 24.4. The van der Waals surface area contributed by atoms with Crippen molar-refractivity contribution in [2.75, 3.05) is 13.1 Å². The lowest BCUT2D eigenvalue weighted by atomic mass is 10.0. The van der Waals surface area contributed by atoms with E-state index in [1.165, 1.54) is 12.1 Å². The number of imidazole rings is 1. The standard InChI is InChI=1S/C29H23F3N8/c1-16-6-18(9-20(30)7-16)21-2-4-34-27-25(21)36-28(37-27)26-22-10-23(35-13-24(22)38-39-26)19-8-17(11-33-12-19)14-40-5-3-29(31,32)15-40/h2,4,6-13H,3,5,14-15H2,1H3,(H,38,39)(H,34,36,37). The van der Waals surface area contributed by atoms with E-state index in [-0.39, 0.29) is 18.8 Å². The summed E-state index contributed by atoms with van der Waals surface area (Å²) in [5.41, 5.74) is 7.08. The first-order chi connectivity index (χ1) is 19.3. The summed E-state index contributed by atoms with van der Waals surface area (Å²) in [6, 6.07) is 10.5. The molecule has 5 aromatic heterocycles. The van der Waals surface area contributed by atoms with Crippen molar-refractivity contribution in [3.05, 3.63) is 78.1 Å². The highest BCUT2D eigenvalue weighted by atomic mass is 19.3. The molecule has 1 aliphatic heterocycles. The summed E-state index contributed by atoms with van der Waals surface area (Å²) >= 11 is 0. The van der Waals surface area contributed by atoms with E-state index in [0.29, 0.717) is 41.5 Å². The number of aromatic amines is 2. The maximum absolute atomic E-state index is 14.2. The second kappa shape index (κ2) is 9.23. The fraction of sp³-hybridized carbons (Fsp3) is 0.207. The predicted octanol–water partition coefficient (Wildman–Crippen LogP) is 5.91. The summed E-state index contributed by atoms with van der Waals surface area (Å²) < 4.78 is 41.4. The highest BCUT2D eigenvalue weighted by molar-refractivity contribution is 5.96. The van der Waals surface area contributed by atoms with Crippen molar-refractivity contribution in [2.45, 2.75) is 25.8 Å². The summed E-state index contributed by atoms with van der Waals surface area (Å²) in [6.45, 7) is 2.36. The van der Waals surface area contributed by atoms with Gasteiger partial charge in [0.05, 0.1) is 29.5 Å². The lowest BCUT2D eigenvalue weighted by molar-refractivity contribution is 0.0115. The van der Waals surface area contributed by atoms with Gasteiger partial charge in [-0.15, -0.1) is 0 Å². The molecule has 1 aromatic carbocycles. The monoisotopic (exact) mass is 540 g/mol. The normalized spacial score (nSPS) is 15.4. The van der Waals surface area contributed by atoms with E-state index in [0.717, 1.165) is 38.7 Å². The number of hydrogen-bond donors (Lipinski definition) is 2. The molecule has 6 heterocycles. The van der Waals surface area contributed by atoms with Gasteiger partial charge in [-0.05, 0) is 53.9 Å². The zero-order valence-electron chi connectivity index (χ0n) is 21.4. The van der Waals surface area contributed by atoms with Gasteiger partial charge < -0.3 is 4.98 Å². The molecule has 6 aromatic rings. The van der Waals surface area contributed by atoms with Crippen LogP contribution in [-0.4, -0.2) is 59.0 Å². The molecule has 8 nitrogen and oxygen atoms in total. The molecule has 7 rings (SSSR count). The van der Waals surface area contributed by atoms with Gasteiger partial charge in [-0.1, -0.05) is 6.07 Å². The molecule has 1 fully saturated rings. The Hall–Kier alpha value is -4.64. The zero-order chi connectivity index (χ0) is 27.4. The Morgan fingerprint density at radius 1 is 1.02 bits per heavy atom. The molecule has 0 radical (unpaired) electrons. The number of halogens is 3. The van der Waals surface area contributed by atoms with Gasteiger partial charge in [0.1, 0.15) is 11.5 Å². The Balaban J connectivity index is 1.25. The van der Waals surface area contributed by atoms with Crippen LogP contribution in [0.1, 0.15) is 17.5 Å². The maximum Gasteiger partial charge on any atom is 0.261 e. The van der Waals surface area contributed by atoms with E-state index in [1.807, 2.05) is 31.2 Å². The van der Waals surface area contributed by atoms with Crippen LogP contribution < -0.4 is 0 Å². The average molecular weight is 541 g/mol. The van der Waals surface area contributed by atoms with Crippen LogP contribution in [0, 0.1) is 12.7 Å². The summed E-state index contributed by atoms with van der Waals surface area (Å²) in [5.74, 6) is -2.44. The van der Waals surface area contributed by atoms with Gasteiger partial charge in [-0.25, -0.2) is 23.1 Å². The number of alkyl halides is 2. The number of nitrogens with zero attached hydrogens (tertiary/aromatic N) is 6. The van der Waals surface area contributed by atoms with Crippen LogP contribution in [0.25, 0.3) is 56.0 Å². The number of rotatable bonds is 5. The minimum Gasteiger partial charge on any atom is -0.335 e. The third kappa shape index (κ3) is 4.47. The minimum absolute atomic E-state index is 0.123. The lowest BCUT2D eigenvalue weighted by Crippen LogP contribution is -2.24. The first-order valence-corrected chi connectivity index (χ1v) is 12.8. The van der Waals surface area contributed by atoms with Crippen molar-refractivity contribution >= 4 is 22.1 Å². The van der Waals surface area contributed by atoms with Crippen molar-refractivity contribution in [1.29, 1.82) is 0 Å². The van der Waals surface area contributed by atoms with Crippen molar-refractivity contribution in [2.24, 2.45) is 0 Å². The summed E-state index contributed by atoms with van der Waals surface area (Å²) in [4.78, 5) is 23.1. The molecule has 2 N–H and O–H groups in total. The molecule has 0 bridgehead atoms. The van der Waals surface area contributed by atoms with E-state index >= 15 is 0 Å². The van der Waals surface area contributed by atoms with Crippen molar-refractivity contribution < 1.29 is 13.2 Å². The largest absolute Gasteiger partial charge is 0.335 e. The maximum atomic E-state index is 14.2. The van der Waals surface area contributed by atoms with Gasteiger partial charge in [0, 0.05) is 54.6 Å². The first-order valence-electron chi connectivity index (χ1n) is 12.8. The molecular weight excluding hydrogens is 517 g/mol. The second-order valence-electron chi connectivity index (χ2n) is 10.2. The second-order valence-corrected chi connectivity index (χ2v) is 10.2. The fourth-order valence-corrected chi connectivity index (χ4v) is 5.32. The Bertz CT molecular complexity index is 1870. The molecule has 0 amide bonds. The lowest BCUT2D eigenvalue weighted by Gasteiger charge is -2.15. The molecule has 1 aliphatic rings. The summed E-state index contributed by atoms with van der Waals surface area (Å²) in [6.07, 6.45) is 6.62. The zero-order valence-corrected chi connectivity index (χ0v) is 21.4. The SMILES string of the molecule is Cc1cc(F)cc(-c2ccnc3nc(-c4n[nH]c5cnc(-c6cncc(CN7CCC(F)(F)C7)c6)cc45)[nH]c23)c1. The molecule has 0 unspecified atom stereocenters. The van der Waals surface area contributed by atoms with Crippen LogP contribution in [0.4, 0.5) is 13.2 Å². The van der Waals surface area contributed by atoms with Crippen LogP contribution in [0.15, 0.2) is 61.2 Å².